The van der Waals surface area contributed by atoms with E-state index in [2.05, 4.69) is 6.92 Å². The second-order valence-electron chi connectivity index (χ2n) is 10.2. The Labute approximate surface area is 218 Å². The Bertz CT molecular complexity index is 1260. The minimum absolute atomic E-state index is 0.00232. The van der Waals surface area contributed by atoms with Gasteiger partial charge in [0.1, 0.15) is 5.82 Å². The zero-order valence-electron chi connectivity index (χ0n) is 21.5. The second-order valence-corrected chi connectivity index (χ2v) is 10.2. The van der Waals surface area contributed by atoms with Gasteiger partial charge in [0.25, 0.3) is 0 Å². The van der Waals surface area contributed by atoms with Gasteiger partial charge in [0.05, 0.1) is 11.1 Å². The summed E-state index contributed by atoms with van der Waals surface area (Å²) in [5.74, 6) is -12.6. The molecule has 204 valence electrons. The van der Waals surface area contributed by atoms with Crippen molar-refractivity contribution in [2.24, 2.45) is 11.8 Å². The van der Waals surface area contributed by atoms with Crippen molar-refractivity contribution in [2.45, 2.75) is 71.1 Å². The van der Waals surface area contributed by atoms with Crippen LogP contribution in [-0.4, -0.2) is 0 Å². The second kappa shape index (κ2) is 11.9. The highest BCUT2D eigenvalue weighted by Gasteiger charge is 2.38. The lowest BCUT2D eigenvalue weighted by atomic mass is 9.67. The summed E-state index contributed by atoms with van der Waals surface area (Å²) < 4.78 is 107. The summed E-state index contributed by atoms with van der Waals surface area (Å²) in [6.07, 6.45) is 6.43. The van der Waals surface area contributed by atoms with Crippen molar-refractivity contribution in [3.63, 3.8) is 0 Å². The lowest BCUT2D eigenvalue weighted by Gasteiger charge is -2.38. The van der Waals surface area contributed by atoms with E-state index in [4.69, 9.17) is 0 Å². The van der Waals surface area contributed by atoms with E-state index in [9.17, 15) is 8.78 Å². The molecule has 3 aromatic carbocycles. The molecule has 0 nitrogen and oxygen atoms in total. The summed E-state index contributed by atoms with van der Waals surface area (Å²) in [5.41, 5.74) is -4.13. The summed E-state index contributed by atoms with van der Waals surface area (Å²) >= 11 is 0. The van der Waals surface area contributed by atoms with Crippen LogP contribution in [-0.2, 0) is 0 Å². The molecule has 1 saturated carbocycles. The molecule has 0 bridgehead atoms. The van der Waals surface area contributed by atoms with Crippen molar-refractivity contribution in [3.05, 3.63) is 82.7 Å². The highest BCUT2D eigenvalue weighted by molar-refractivity contribution is 5.73. The number of rotatable bonds is 8. The minimum Gasteiger partial charge on any atom is -0.206 e. The molecule has 1 aliphatic carbocycles. The van der Waals surface area contributed by atoms with Crippen LogP contribution in [0.25, 0.3) is 22.3 Å². The molecular formula is C31H31F7. The normalized spacial score (nSPS) is 18.6. The van der Waals surface area contributed by atoms with E-state index >= 15 is 22.0 Å². The quantitative estimate of drug-likeness (QED) is 0.198. The van der Waals surface area contributed by atoms with Gasteiger partial charge in [-0.1, -0.05) is 82.7 Å². The average Bonchev–Trinajstić information content (AvgIpc) is 2.92. The highest BCUT2D eigenvalue weighted by atomic mass is 19.2. The number of unbranched alkanes of at least 4 members (excludes halogenated alkanes) is 1. The Morgan fingerprint density at radius 1 is 0.737 bits per heavy atom. The van der Waals surface area contributed by atoms with Crippen molar-refractivity contribution in [3.8, 4) is 22.3 Å². The van der Waals surface area contributed by atoms with Gasteiger partial charge in [-0.3, -0.25) is 0 Å². The van der Waals surface area contributed by atoms with Crippen molar-refractivity contribution in [1.82, 2.24) is 0 Å². The van der Waals surface area contributed by atoms with Crippen LogP contribution < -0.4 is 0 Å². The van der Waals surface area contributed by atoms with E-state index in [1.165, 1.54) is 24.3 Å². The first-order chi connectivity index (χ1) is 18.2. The summed E-state index contributed by atoms with van der Waals surface area (Å²) in [6, 6.07) is 7.59. The molecule has 0 saturated heterocycles. The molecule has 38 heavy (non-hydrogen) atoms. The van der Waals surface area contributed by atoms with Crippen LogP contribution in [0.4, 0.5) is 30.7 Å². The van der Waals surface area contributed by atoms with E-state index < -0.39 is 68.9 Å². The third kappa shape index (κ3) is 5.08. The summed E-state index contributed by atoms with van der Waals surface area (Å²) in [4.78, 5) is 0. The number of halogens is 7. The maximum atomic E-state index is 15.5. The summed E-state index contributed by atoms with van der Waals surface area (Å²) in [6.45, 7) is 3.76. The highest BCUT2D eigenvalue weighted by Crippen LogP contribution is 2.47. The molecule has 3 aromatic rings. The SMILES string of the molecule is CCCCC1CCCCC1C(CC)c1c(F)c(F)c(-c2cc(F)c(-c3ccccc3)c(F)c2F)c(F)c1F. The van der Waals surface area contributed by atoms with E-state index in [0.29, 0.717) is 12.5 Å². The van der Waals surface area contributed by atoms with E-state index in [-0.39, 0.29) is 23.8 Å². The molecule has 0 N–H and O–H groups in total. The van der Waals surface area contributed by atoms with E-state index in [1.54, 1.807) is 13.0 Å². The molecule has 1 fully saturated rings. The number of hydrogen-bond acceptors (Lipinski definition) is 0. The van der Waals surface area contributed by atoms with Crippen LogP contribution in [0.1, 0.15) is 76.7 Å². The van der Waals surface area contributed by atoms with Crippen molar-refractivity contribution >= 4 is 0 Å². The average molecular weight is 537 g/mol. The van der Waals surface area contributed by atoms with Crippen LogP contribution >= 0.6 is 0 Å². The van der Waals surface area contributed by atoms with Gasteiger partial charge in [-0.25, -0.2) is 30.7 Å². The molecule has 0 aliphatic heterocycles. The maximum Gasteiger partial charge on any atom is 0.170 e. The third-order valence-corrected chi connectivity index (χ3v) is 8.01. The molecule has 7 heteroatoms. The molecule has 4 rings (SSSR count). The van der Waals surface area contributed by atoms with Gasteiger partial charge in [-0.15, -0.1) is 0 Å². The molecule has 0 amide bonds. The predicted molar refractivity (Wildman–Crippen MR) is 135 cm³/mol. The van der Waals surface area contributed by atoms with Gasteiger partial charge in [0.15, 0.2) is 34.9 Å². The van der Waals surface area contributed by atoms with Crippen LogP contribution in [0.3, 0.4) is 0 Å². The standard InChI is InChI=1S/C31H31F7/c1-3-5-11-17-12-9-10-15-20(17)19(4-2)24-28(35)30(37)25(31(38)29(24)36)21-16-22(32)23(27(34)26(21)33)18-13-7-6-8-14-18/h6-8,13-14,16-17,19-20H,3-5,9-12,15H2,1-2H3. The fourth-order valence-electron chi connectivity index (χ4n) is 6.17. The van der Waals surface area contributed by atoms with E-state index in [1.807, 2.05) is 0 Å². The fourth-order valence-corrected chi connectivity index (χ4v) is 6.17. The lowest BCUT2D eigenvalue weighted by Crippen LogP contribution is -2.27. The lowest BCUT2D eigenvalue weighted by molar-refractivity contribution is 0.177. The molecule has 0 spiro atoms. The topological polar surface area (TPSA) is 0 Å². The first-order valence-corrected chi connectivity index (χ1v) is 13.3. The number of hydrogen-bond donors (Lipinski definition) is 0. The maximum absolute atomic E-state index is 15.5. The molecule has 0 radical (unpaired) electrons. The smallest absolute Gasteiger partial charge is 0.170 e. The van der Waals surface area contributed by atoms with Crippen LogP contribution in [0.2, 0.25) is 0 Å². The van der Waals surface area contributed by atoms with Crippen molar-refractivity contribution in [1.29, 1.82) is 0 Å². The molecule has 0 aromatic heterocycles. The van der Waals surface area contributed by atoms with Gasteiger partial charge in [-0.05, 0) is 42.2 Å². The monoisotopic (exact) mass is 536 g/mol. The van der Waals surface area contributed by atoms with E-state index in [0.717, 1.165) is 38.5 Å². The van der Waals surface area contributed by atoms with Gasteiger partial charge in [-0.2, -0.15) is 0 Å². The Morgan fingerprint density at radius 2 is 1.34 bits per heavy atom. The zero-order chi connectivity index (χ0) is 27.6. The molecule has 1 aliphatic rings. The Balaban J connectivity index is 1.84. The molecule has 3 atom stereocenters. The first kappa shape index (κ1) is 28.2. The molecular weight excluding hydrogens is 505 g/mol. The van der Waals surface area contributed by atoms with Crippen molar-refractivity contribution in [2.75, 3.05) is 0 Å². The van der Waals surface area contributed by atoms with Gasteiger partial charge >= 0.3 is 0 Å². The van der Waals surface area contributed by atoms with Crippen LogP contribution in [0.15, 0.2) is 36.4 Å². The van der Waals surface area contributed by atoms with Gasteiger partial charge in [0, 0.05) is 11.1 Å². The van der Waals surface area contributed by atoms with Crippen molar-refractivity contribution < 1.29 is 30.7 Å². The molecule has 0 heterocycles. The summed E-state index contributed by atoms with van der Waals surface area (Å²) in [5, 5.41) is 0. The Kier molecular flexibility index (Phi) is 8.84. The third-order valence-electron chi connectivity index (χ3n) is 8.01. The Hall–Kier alpha value is -2.83. The van der Waals surface area contributed by atoms with Crippen LogP contribution in [0, 0.1) is 52.6 Å². The van der Waals surface area contributed by atoms with Crippen LogP contribution in [0.5, 0.6) is 0 Å². The summed E-state index contributed by atoms with van der Waals surface area (Å²) in [7, 11) is 0. The number of benzene rings is 3. The zero-order valence-corrected chi connectivity index (χ0v) is 21.5. The minimum atomic E-state index is -1.86. The fraction of sp³-hybridized carbons (Fsp3) is 0.419. The first-order valence-electron chi connectivity index (χ1n) is 13.3. The molecule has 3 unspecified atom stereocenters. The largest absolute Gasteiger partial charge is 0.206 e. The Morgan fingerprint density at radius 3 is 1.95 bits per heavy atom. The predicted octanol–water partition coefficient (Wildman–Crippen LogP) is 10.5. The van der Waals surface area contributed by atoms with Gasteiger partial charge < -0.3 is 0 Å². The van der Waals surface area contributed by atoms with Gasteiger partial charge in [0.2, 0.25) is 0 Å².